The minimum Gasteiger partial charge on any atom is -0.479 e. The number of pyridine rings is 1. The van der Waals surface area contributed by atoms with Crippen molar-refractivity contribution in [2.24, 2.45) is 0 Å². The number of amides is 1. The first kappa shape index (κ1) is 13.5. The second kappa shape index (κ2) is 5.79. The number of aryl methyl sites for hydroxylation is 1. The Labute approximate surface area is 110 Å². The Morgan fingerprint density at radius 1 is 1.53 bits per heavy atom. The Balaban J connectivity index is 1.85. The summed E-state index contributed by atoms with van der Waals surface area (Å²) in [5.41, 5.74) is 1.19. The Hall–Kier alpha value is -1.95. The average Bonchev–Trinajstić information content (AvgIpc) is 2.85. The van der Waals surface area contributed by atoms with Crippen molar-refractivity contribution >= 4 is 11.9 Å². The van der Waals surface area contributed by atoms with Gasteiger partial charge in [0.25, 0.3) is 5.91 Å². The number of rotatable bonds is 4. The van der Waals surface area contributed by atoms with Crippen LogP contribution < -0.4 is 5.32 Å². The molecule has 2 rings (SSSR count). The topological polar surface area (TPSA) is 88.5 Å². The number of carboxylic acids is 1. The first-order chi connectivity index (χ1) is 9.08. The molecular weight excluding hydrogens is 248 g/mol. The normalized spacial score (nSPS) is 22.2. The maximum absolute atomic E-state index is 11.9. The second-order valence-corrected chi connectivity index (χ2v) is 4.51. The van der Waals surface area contributed by atoms with Crippen LogP contribution in [0, 0.1) is 6.92 Å². The Morgan fingerprint density at radius 2 is 2.32 bits per heavy atom. The zero-order chi connectivity index (χ0) is 13.8. The lowest BCUT2D eigenvalue weighted by Crippen LogP contribution is -2.33. The molecule has 2 unspecified atom stereocenters. The van der Waals surface area contributed by atoms with Crippen molar-refractivity contribution in [2.45, 2.75) is 32.0 Å². The van der Waals surface area contributed by atoms with E-state index in [1.165, 1.54) is 0 Å². The van der Waals surface area contributed by atoms with E-state index >= 15 is 0 Å². The van der Waals surface area contributed by atoms with Crippen LogP contribution in [0.15, 0.2) is 18.3 Å². The molecule has 1 amide bonds. The molecule has 6 heteroatoms. The number of aromatic nitrogens is 1. The van der Waals surface area contributed by atoms with E-state index in [0.29, 0.717) is 30.6 Å². The number of nitrogens with zero attached hydrogens (tertiary/aromatic N) is 1. The van der Waals surface area contributed by atoms with Gasteiger partial charge in [-0.05, 0) is 31.9 Å². The molecule has 0 saturated carbocycles. The van der Waals surface area contributed by atoms with Crippen LogP contribution in [0.3, 0.4) is 0 Å². The first-order valence-corrected chi connectivity index (χ1v) is 6.16. The van der Waals surface area contributed by atoms with Crippen molar-refractivity contribution in [3.05, 3.63) is 29.6 Å². The van der Waals surface area contributed by atoms with Gasteiger partial charge in [-0.1, -0.05) is 0 Å². The summed E-state index contributed by atoms with van der Waals surface area (Å²) in [7, 11) is 0. The number of aliphatic carboxylic acids is 1. The predicted molar refractivity (Wildman–Crippen MR) is 66.8 cm³/mol. The lowest BCUT2D eigenvalue weighted by atomic mass is 10.1. The van der Waals surface area contributed by atoms with Crippen LogP contribution in [0.5, 0.6) is 0 Å². The van der Waals surface area contributed by atoms with Gasteiger partial charge in [0.2, 0.25) is 0 Å². The fraction of sp³-hybridized carbons (Fsp3) is 0.462. The number of carbonyl (C=O) groups is 2. The smallest absolute Gasteiger partial charge is 0.332 e. The van der Waals surface area contributed by atoms with E-state index in [-0.39, 0.29) is 12.0 Å². The Kier molecular flexibility index (Phi) is 4.11. The summed E-state index contributed by atoms with van der Waals surface area (Å²) in [5, 5.41) is 11.5. The maximum Gasteiger partial charge on any atom is 0.332 e. The SMILES string of the molecule is Cc1ncccc1C(=O)NCC1CCC(C(=O)O)O1. The lowest BCUT2D eigenvalue weighted by Gasteiger charge is -2.12. The molecule has 1 saturated heterocycles. The number of carboxylic acid groups (broad SMARTS) is 1. The lowest BCUT2D eigenvalue weighted by molar-refractivity contribution is -0.149. The van der Waals surface area contributed by atoms with Crippen LogP contribution >= 0.6 is 0 Å². The van der Waals surface area contributed by atoms with E-state index in [0.717, 1.165) is 0 Å². The molecule has 1 aliphatic rings. The third kappa shape index (κ3) is 3.29. The molecule has 0 radical (unpaired) electrons. The van der Waals surface area contributed by atoms with Gasteiger partial charge in [0.1, 0.15) is 0 Å². The summed E-state index contributed by atoms with van der Waals surface area (Å²) >= 11 is 0. The maximum atomic E-state index is 11.9. The molecule has 102 valence electrons. The van der Waals surface area contributed by atoms with Gasteiger partial charge in [-0.15, -0.1) is 0 Å². The van der Waals surface area contributed by atoms with Crippen molar-refractivity contribution < 1.29 is 19.4 Å². The zero-order valence-electron chi connectivity index (χ0n) is 10.6. The molecule has 6 nitrogen and oxygen atoms in total. The molecule has 1 aromatic rings. The fourth-order valence-corrected chi connectivity index (χ4v) is 2.06. The van der Waals surface area contributed by atoms with Crippen molar-refractivity contribution in [1.29, 1.82) is 0 Å². The van der Waals surface area contributed by atoms with Crippen LogP contribution in [-0.2, 0) is 9.53 Å². The summed E-state index contributed by atoms with van der Waals surface area (Å²) in [4.78, 5) is 26.7. The molecule has 0 bridgehead atoms. The third-order valence-electron chi connectivity index (χ3n) is 3.12. The number of carbonyl (C=O) groups excluding carboxylic acids is 1. The van der Waals surface area contributed by atoms with Crippen LogP contribution in [0.2, 0.25) is 0 Å². The molecule has 0 aliphatic carbocycles. The fourth-order valence-electron chi connectivity index (χ4n) is 2.06. The van der Waals surface area contributed by atoms with Crippen molar-refractivity contribution in [2.75, 3.05) is 6.54 Å². The predicted octanol–water partition coefficient (Wildman–Crippen LogP) is 0.752. The van der Waals surface area contributed by atoms with Crippen molar-refractivity contribution in [3.8, 4) is 0 Å². The highest BCUT2D eigenvalue weighted by molar-refractivity contribution is 5.95. The minimum atomic E-state index is -0.947. The summed E-state index contributed by atoms with van der Waals surface area (Å²) < 4.78 is 5.31. The van der Waals surface area contributed by atoms with Crippen LogP contribution in [0.4, 0.5) is 0 Å². The molecular formula is C13H16N2O4. The van der Waals surface area contributed by atoms with Gasteiger partial charge in [0, 0.05) is 18.4 Å². The summed E-state index contributed by atoms with van der Waals surface area (Å²) in [6, 6.07) is 3.40. The standard InChI is InChI=1S/C13H16N2O4/c1-8-10(3-2-6-14-8)12(16)15-7-9-4-5-11(19-9)13(17)18/h2-3,6,9,11H,4-5,7H2,1H3,(H,15,16)(H,17,18). The second-order valence-electron chi connectivity index (χ2n) is 4.51. The van der Waals surface area contributed by atoms with E-state index < -0.39 is 12.1 Å². The van der Waals surface area contributed by atoms with Gasteiger partial charge in [-0.3, -0.25) is 9.78 Å². The average molecular weight is 264 g/mol. The monoisotopic (exact) mass is 264 g/mol. The molecule has 0 spiro atoms. The minimum absolute atomic E-state index is 0.215. The number of ether oxygens (including phenoxy) is 1. The van der Waals surface area contributed by atoms with E-state index in [4.69, 9.17) is 9.84 Å². The largest absolute Gasteiger partial charge is 0.479 e. The van der Waals surface area contributed by atoms with Gasteiger partial charge in [0.05, 0.1) is 11.7 Å². The summed E-state index contributed by atoms with van der Waals surface area (Å²) in [6.07, 6.45) is 1.78. The van der Waals surface area contributed by atoms with E-state index in [2.05, 4.69) is 10.3 Å². The van der Waals surface area contributed by atoms with E-state index in [9.17, 15) is 9.59 Å². The summed E-state index contributed by atoms with van der Waals surface area (Å²) in [5.74, 6) is -1.16. The highest BCUT2D eigenvalue weighted by Gasteiger charge is 2.30. The van der Waals surface area contributed by atoms with Gasteiger partial charge in [-0.25, -0.2) is 4.79 Å². The van der Waals surface area contributed by atoms with Crippen LogP contribution in [-0.4, -0.2) is 40.7 Å². The number of hydrogen-bond donors (Lipinski definition) is 2. The zero-order valence-corrected chi connectivity index (χ0v) is 10.6. The van der Waals surface area contributed by atoms with Crippen molar-refractivity contribution in [3.63, 3.8) is 0 Å². The molecule has 2 heterocycles. The Bertz CT molecular complexity index is 489. The summed E-state index contributed by atoms with van der Waals surface area (Å²) in [6.45, 7) is 2.08. The van der Waals surface area contributed by atoms with E-state index in [1.807, 2.05) is 0 Å². The van der Waals surface area contributed by atoms with Crippen LogP contribution in [0.1, 0.15) is 28.9 Å². The molecule has 2 N–H and O–H groups in total. The molecule has 0 aromatic carbocycles. The van der Waals surface area contributed by atoms with Gasteiger partial charge in [0.15, 0.2) is 6.10 Å². The third-order valence-corrected chi connectivity index (χ3v) is 3.12. The van der Waals surface area contributed by atoms with Crippen molar-refractivity contribution in [1.82, 2.24) is 10.3 Å². The molecule has 19 heavy (non-hydrogen) atoms. The first-order valence-electron chi connectivity index (χ1n) is 6.16. The molecule has 1 aliphatic heterocycles. The molecule has 1 aromatic heterocycles. The molecule has 1 fully saturated rings. The highest BCUT2D eigenvalue weighted by Crippen LogP contribution is 2.19. The quantitative estimate of drug-likeness (QED) is 0.837. The van der Waals surface area contributed by atoms with Gasteiger partial charge < -0.3 is 15.2 Å². The number of hydrogen-bond acceptors (Lipinski definition) is 4. The van der Waals surface area contributed by atoms with E-state index in [1.54, 1.807) is 25.3 Å². The Morgan fingerprint density at radius 3 is 2.95 bits per heavy atom. The van der Waals surface area contributed by atoms with Gasteiger partial charge >= 0.3 is 5.97 Å². The van der Waals surface area contributed by atoms with Crippen LogP contribution in [0.25, 0.3) is 0 Å². The molecule has 2 atom stereocenters. The van der Waals surface area contributed by atoms with Gasteiger partial charge in [-0.2, -0.15) is 0 Å². The highest BCUT2D eigenvalue weighted by atomic mass is 16.5. The number of nitrogens with one attached hydrogen (secondary N) is 1.